The Hall–Kier alpha value is -2.61. The van der Waals surface area contributed by atoms with Gasteiger partial charge in [0.1, 0.15) is 11.4 Å². The molecule has 0 radical (unpaired) electrons. The van der Waals surface area contributed by atoms with Crippen LogP contribution < -0.4 is 10.9 Å². The molecular formula is C18H20N4O3S. The lowest BCUT2D eigenvalue weighted by Gasteiger charge is -2.13. The van der Waals surface area contributed by atoms with Crippen LogP contribution in [0.25, 0.3) is 5.65 Å². The fourth-order valence-corrected chi connectivity index (χ4v) is 3.49. The van der Waals surface area contributed by atoms with Crippen molar-refractivity contribution in [1.29, 1.82) is 0 Å². The van der Waals surface area contributed by atoms with Crippen LogP contribution in [0.1, 0.15) is 30.4 Å². The summed E-state index contributed by atoms with van der Waals surface area (Å²) in [6.45, 7) is 5.63. The molecule has 8 heteroatoms. The van der Waals surface area contributed by atoms with Crippen molar-refractivity contribution in [1.82, 2.24) is 14.5 Å². The molecule has 7 nitrogen and oxygen atoms in total. The van der Waals surface area contributed by atoms with Gasteiger partial charge in [-0.05, 0) is 31.9 Å². The second kappa shape index (κ2) is 7.74. The molecule has 0 aliphatic rings. The van der Waals surface area contributed by atoms with E-state index < -0.39 is 0 Å². The van der Waals surface area contributed by atoms with E-state index in [1.165, 1.54) is 22.2 Å². The first-order chi connectivity index (χ1) is 12.5. The number of aryl methyl sites for hydroxylation is 2. The Morgan fingerprint density at radius 3 is 2.85 bits per heavy atom. The first-order valence-corrected chi connectivity index (χ1v) is 9.36. The van der Waals surface area contributed by atoms with E-state index in [-0.39, 0.29) is 16.7 Å². The molecule has 1 amide bonds. The molecule has 0 aliphatic carbocycles. The number of amides is 1. The Morgan fingerprint density at radius 1 is 1.35 bits per heavy atom. The summed E-state index contributed by atoms with van der Waals surface area (Å²) in [6, 6.07) is 6.93. The van der Waals surface area contributed by atoms with Crippen LogP contribution in [0.3, 0.4) is 0 Å². The standard InChI is InChI=1S/C18H20N4O3S/c1-4-14(18(24)20-15-7-12(3)25-21-15)26-10-13-8-17(23)22-9-11(2)5-6-16(22)19-13/h5-9,14H,4,10H2,1-3H3,(H,20,21,24)/t14-/m1/s1. The van der Waals surface area contributed by atoms with Crippen LogP contribution in [0.2, 0.25) is 0 Å². The number of nitrogens with zero attached hydrogens (tertiary/aromatic N) is 3. The molecule has 3 aromatic rings. The molecule has 1 atom stereocenters. The summed E-state index contributed by atoms with van der Waals surface area (Å²) in [5.41, 5.74) is 2.14. The van der Waals surface area contributed by atoms with E-state index in [0.29, 0.717) is 35.1 Å². The summed E-state index contributed by atoms with van der Waals surface area (Å²) in [6.07, 6.45) is 2.42. The van der Waals surface area contributed by atoms with Crippen molar-refractivity contribution in [2.45, 2.75) is 38.2 Å². The van der Waals surface area contributed by atoms with Gasteiger partial charge >= 0.3 is 0 Å². The van der Waals surface area contributed by atoms with Crippen LogP contribution in [-0.4, -0.2) is 25.7 Å². The summed E-state index contributed by atoms with van der Waals surface area (Å²) in [4.78, 5) is 29.2. The zero-order chi connectivity index (χ0) is 18.7. The Labute approximate surface area is 154 Å². The quantitative estimate of drug-likeness (QED) is 0.715. The number of thioether (sulfide) groups is 1. The van der Waals surface area contributed by atoms with Crippen molar-refractivity contribution in [2.75, 3.05) is 5.32 Å². The highest BCUT2D eigenvalue weighted by molar-refractivity contribution is 7.99. The van der Waals surface area contributed by atoms with Gasteiger partial charge in [0.15, 0.2) is 5.82 Å². The highest BCUT2D eigenvalue weighted by atomic mass is 32.2. The second-order valence-corrected chi connectivity index (χ2v) is 7.23. The summed E-state index contributed by atoms with van der Waals surface area (Å²) in [5.74, 6) is 1.38. The highest BCUT2D eigenvalue weighted by Gasteiger charge is 2.19. The van der Waals surface area contributed by atoms with Crippen molar-refractivity contribution in [3.63, 3.8) is 0 Å². The van der Waals surface area contributed by atoms with Gasteiger partial charge < -0.3 is 9.84 Å². The number of hydrogen-bond acceptors (Lipinski definition) is 6. The molecular weight excluding hydrogens is 352 g/mol. The third kappa shape index (κ3) is 4.13. The first kappa shape index (κ1) is 18.2. The molecule has 0 saturated heterocycles. The molecule has 0 unspecified atom stereocenters. The maximum atomic E-state index is 12.4. The van der Waals surface area contributed by atoms with Gasteiger partial charge in [-0.3, -0.25) is 14.0 Å². The van der Waals surface area contributed by atoms with Gasteiger partial charge in [-0.1, -0.05) is 18.1 Å². The number of aromatic nitrogens is 3. The third-order valence-corrected chi connectivity index (χ3v) is 5.25. The molecule has 136 valence electrons. The van der Waals surface area contributed by atoms with Crippen LogP contribution in [0, 0.1) is 13.8 Å². The summed E-state index contributed by atoms with van der Waals surface area (Å²) in [5, 5.41) is 6.24. The van der Waals surface area contributed by atoms with Crippen molar-refractivity contribution in [2.24, 2.45) is 0 Å². The minimum Gasteiger partial charge on any atom is -0.360 e. The van der Waals surface area contributed by atoms with Gasteiger partial charge in [-0.25, -0.2) is 4.98 Å². The number of rotatable bonds is 6. The number of pyridine rings is 1. The fourth-order valence-electron chi connectivity index (χ4n) is 2.53. The smallest absolute Gasteiger partial charge is 0.258 e. The summed E-state index contributed by atoms with van der Waals surface area (Å²) in [7, 11) is 0. The molecule has 3 heterocycles. The van der Waals surface area contributed by atoms with Crippen molar-refractivity contribution in [3.05, 3.63) is 57.8 Å². The number of hydrogen-bond donors (Lipinski definition) is 1. The second-order valence-electron chi connectivity index (χ2n) is 6.04. The molecule has 0 saturated carbocycles. The maximum Gasteiger partial charge on any atom is 0.258 e. The van der Waals surface area contributed by atoms with E-state index in [9.17, 15) is 9.59 Å². The lowest BCUT2D eigenvalue weighted by molar-refractivity contribution is -0.115. The van der Waals surface area contributed by atoms with Gasteiger partial charge in [0.05, 0.1) is 10.9 Å². The summed E-state index contributed by atoms with van der Waals surface area (Å²) >= 11 is 1.45. The molecule has 26 heavy (non-hydrogen) atoms. The maximum absolute atomic E-state index is 12.4. The molecule has 1 N–H and O–H groups in total. The monoisotopic (exact) mass is 372 g/mol. The number of fused-ring (bicyclic) bond motifs is 1. The Bertz CT molecular complexity index is 996. The predicted octanol–water partition coefficient (Wildman–Crippen LogP) is 2.95. The molecule has 3 aromatic heterocycles. The predicted molar refractivity (Wildman–Crippen MR) is 101 cm³/mol. The van der Waals surface area contributed by atoms with Gasteiger partial charge in [-0.2, -0.15) is 0 Å². The van der Waals surface area contributed by atoms with Crippen molar-refractivity contribution >= 4 is 29.1 Å². The Balaban J connectivity index is 1.70. The fraction of sp³-hybridized carbons (Fsp3) is 0.333. The minimum absolute atomic E-state index is 0.120. The largest absolute Gasteiger partial charge is 0.360 e. The van der Waals surface area contributed by atoms with Crippen molar-refractivity contribution in [3.8, 4) is 0 Å². The van der Waals surface area contributed by atoms with Crippen LogP contribution in [0.4, 0.5) is 5.82 Å². The molecule has 0 fully saturated rings. The van der Waals surface area contributed by atoms with Crippen LogP contribution >= 0.6 is 11.8 Å². The Kier molecular flexibility index (Phi) is 5.41. The van der Waals surface area contributed by atoms with Gasteiger partial charge in [0, 0.05) is 24.1 Å². The van der Waals surface area contributed by atoms with Crippen LogP contribution in [0.5, 0.6) is 0 Å². The van der Waals surface area contributed by atoms with Crippen LogP contribution in [-0.2, 0) is 10.5 Å². The van der Waals surface area contributed by atoms with Gasteiger partial charge in [-0.15, -0.1) is 11.8 Å². The molecule has 0 aromatic carbocycles. The van der Waals surface area contributed by atoms with E-state index in [0.717, 1.165) is 5.56 Å². The average Bonchev–Trinajstić information content (AvgIpc) is 3.01. The number of anilines is 1. The van der Waals surface area contributed by atoms with E-state index in [2.05, 4.69) is 15.5 Å². The van der Waals surface area contributed by atoms with E-state index in [1.807, 2.05) is 26.0 Å². The molecule has 0 bridgehead atoms. The molecule has 3 rings (SSSR count). The van der Waals surface area contributed by atoms with E-state index in [1.54, 1.807) is 19.2 Å². The number of nitrogens with one attached hydrogen (secondary N) is 1. The van der Waals surface area contributed by atoms with E-state index >= 15 is 0 Å². The SMILES string of the molecule is CC[C@@H](SCc1cc(=O)n2cc(C)ccc2n1)C(=O)Nc1cc(C)on1. The zero-order valence-electron chi connectivity index (χ0n) is 14.9. The lowest BCUT2D eigenvalue weighted by Crippen LogP contribution is -2.25. The summed E-state index contributed by atoms with van der Waals surface area (Å²) < 4.78 is 6.48. The highest BCUT2D eigenvalue weighted by Crippen LogP contribution is 2.21. The normalized spacial score (nSPS) is 12.3. The average molecular weight is 372 g/mol. The first-order valence-electron chi connectivity index (χ1n) is 8.31. The topological polar surface area (TPSA) is 89.5 Å². The van der Waals surface area contributed by atoms with Crippen molar-refractivity contribution < 1.29 is 9.32 Å². The zero-order valence-corrected chi connectivity index (χ0v) is 15.7. The van der Waals surface area contributed by atoms with Gasteiger partial charge in [0.25, 0.3) is 5.56 Å². The van der Waals surface area contributed by atoms with Crippen LogP contribution in [0.15, 0.2) is 39.8 Å². The number of carbonyl (C=O) groups is 1. The molecule has 0 spiro atoms. The Morgan fingerprint density at radius 2 is 2.15 bits per heavy atom. The minimum atomic E-state index is -0.273. The number of carbonyl (C=O) groups excluding carboxylic acids is 1. The lowest BCUT2D eigenvalue weighted by atomic mass is 10.3. The van der Waals surface area contributed by atoms with E-state index in [4.69, 9.17) is 4.52 Å². The van der Waals surface area contributed by atoms with Gasteiger partial charge in [0.2, 0.25) is 5.91 Å². The molecule has 0 aliphatic heterocycles. The third-order valence-electron chi connectivity index (χ3n) is 3.84.